The minimum atomic E-state index is -0.964. The first-order chi connectivity index (χ1) is 17.4. The van der Waals surface area contributed by atoms with Gasteiger partial charge in [0, 0.05) is 16.3 Å². The molecule has 2 amide bonds. The van der Waals surface area contributed by atoms with Crippen molar-refractivity contribution >= 4 is 40.9 Å². The van der Waals surface area contributed by atoms with Crippen LogP contribution in [0.25, 0.3) is 0 Å². The van der Waals surface area contributed by atoms with E-state index in [1.807, 2.05) is 91.9 Å². The van der Waals surface area contributed by atoms with Gasteiger partial charge in [0.1, 0.15) is 5.25 Å². The molecule has 184 valence electrons. The molecule has 3 atom stereocenters. The Balaban J connectivity index is 1.53. The topological polar surface area (TPSA) is 95.5 Å². The highest BCUT2D eigenvalue weighted by Gasteiger charge is 2.34. The smallest absolute Gasteiger partial charge is 0.307 e. The van der Waals surface area contributed by atoms with Gasteiger partial charge in [-0.15, -0.1) is 11.8 Å². The van der Waals surface area contributed by atoms with Gasteiger partial charge in [-0.25, -0.2) is 0 Å². The molecule has 3 aromatic carbocycles. The average Bonchev–Trinajstić information content (AvgIpc) is 2.89. The van der Waals surface area contributed by atoms with Gasteiger partial charge < -0.3 is 15.7 Å². The minimum absolute atomic E-state index is 0.145. The second kappa shape index (κ2) is 11.7. The van der Waals surface area contributed by atoms with Gasteiger partial charge in [-0.2, -0.15) is 0 Å². The fraction of sp³-hybridized carbons (Fsp3) is 0.207. The van der Waals surface area contributed by atoms with Crippen LogP contribution in [0.5, 0.6) is 0 Å². The molecule has 3 N–H and O–H groups in total. The molecule has 7 heteroatoms. The van der Waals surface area contributed by atoms with Crippen LogP contribution in [-0.4, -0.2) is 22.9 Å². The normalized spacial score (nSPS) is 17.7. The van der Waals surface area contributed by atoms with Gasteiger partial charge in [0.05, 0.1) is 11.8 Å². The van der Waals surface area contributed by atoms with Gasteiger partial charge in [0.15, 0.2) is 0 Å². The molecule has 0 heterocycles. The van der Waals surface area contributed by atoms with Crippen LogP contribution in [0.1, 0.15) is 29.2 Å². The maximum absolute atomic E-state index is 13.4. The molecule has 0 aliphatic heterocycles. The van der Waals surface area contributed by atoms with E-state index in [0.29, 0.717) is 18.5 Å². The molecule has 0 spiro atoms. The molecule has 3 unspecified atom stereocenters. The van der Waals surface area contributed by atoms with Crippen molar-refractivity contribution in [3.63, 3.8) is 0 Å². The number of anilines is 2. The van der Waals surface area contributed by atoms with E-state index >= 15 is 0 Å². The lowest BCUT2D eigenvalue weighted by Crippen LogP contribution is -2.34. The van der Waals surface area contributed by atoms with Crippen molar-refractivity contribution in [3.8, 4) is 0 Å². The maximum atomic E-state index is 13.4. The van der Waals surface area contributed by atoms with Crippen LogP contribution in [-0.2, 0) is 14.4 Å². The van der Waals surface area contributed by atoms with Gasteiger partial charge in [0.25, 0.3) is 0 Å². The Labute approximate surface area is 214 Å². The van der Waals surface area contributed by atoms with Crippen molar-refractivity contribution < 1.29 is 19.5 Å². The first-order valence-corrected chi connectivity index (χ1v) is 12.7. The molecule has 1 aliphatic rings. The third kappa shape index (κ3) is 6.23. The molecular weight excluding hydrogens is 472 g/mol. The summed E-state index contributed by atoms with van der Waals surface area (Å²) in [4.78, 5) is 38.7. The molecule has 0 saturated heterocycles. The van der Waals surface area contributed by atoms with Crippen molar-refractivity contribution in [1.29, 1.82) is 0 Å². The van der Waals surface area contributed by atoms with Crippen LogP contribution in [0, 0.1) is 18.8 Å². The van der Waals surface area contributed by atoms with Crippen molar-refractivity contribution in [3.05, 3.63) is 102 Å². The number of benzene rings is 3. The van der Waals surface area contributed by atoms with Crippen LogP contribution < -0.4 is 10.6 Å². The predicted octanol–water partition coefficient (Wildman–Crippen LogP) is 6.07. The Morgan fingerprint density at radius 2 is 1.56 bits per heavy atom. The zero-order chi connectivity index (χ0) is 25.5. The number of amides is 2. The Morgan fingerprint density at radius 1 is 0.861 bits per heavy atom. The molecule has 3 aromatic rings. The zero-order valence-electron chi connectivity index (χ0n) is 19.9. The first kappa shape index (κ1) is 25.3. The number of thioether (sulfide) groups is 1. The number of carbonyl (C=O) groups is 3. The van der Waals surface area contributed by atoms with Crippen molar-refractivity contribution in [1.82, 2.24) is 0 Å². The van der Waals surface area contributed by atoms with Gasteiger partial charge >= 0.3 is 5.97 Å². The van der Waals surface area contributed by atoms with E-state index in [-0.39, 0.29) is 11.8 Å². The lowest BCUT2D eigenvalue weighted by molar-refractivity contribution is -0.146. The third-order valence-electron chi connectivity index (χ3n) is 6.19. The highest BCUT2D eigenvalue weighted by molar-refractivity contribution is 8.00. The Kier molecular flexibility index (Phi) is 8.23. The van der Waals surface area contributed by atoms with Crippen LogP contribution in [0.2, 0.25) is 0 Å². The van der Waals surface area contributed by atoms with Gasteiger partial charge in [-0.3, -0.25) is 14.4 Å². The third-order valence-corrected chi connectivity index (χ3v) is 7.43. The van der Waals surface area contributed by atoms with Crippen LogP contribution >= 0.6 is 11.8 Å². The zero-order valence-corrected chi connectivity index (χ0v) is 20.7. The predicted molar refractivity (Wildman–Crippen MR) is 143 cm³/mol. The Bertz CT molecular complexity index is 1280. The van der Waals surface area contributed by atoms with Gasteiger partial charge in [-0.1, -0.05) is 66.7 Å². The molecule has 0 aromatic heterocycles. The lowest BCUT2D eigenvalue weighted by Gasteiger charge is -2.24. The second-order valence-corrected chi connectivity index (χ2v) is 9.90. The molecule has 0 fully saturated rings. The van der Waals surface area contributed by atoms with E-state index < -0.39 is 23.1 Å². The molecule has 0 radical (unpaired) electrons. The maximum Gasteiger partial charge on any atom is 0.307 e. The summed E-state index contributed by atoms with van der Waals surface area (Å²) in [6.07, 6.45) is 4.41. The van der Waals surface area contributed by atoms with Crippen molar-refractivity contribution in [2.45, 2.75) is 29.9 Å². The Morgan fingerprint density at radius 3 is 2.28 bits per heavy atom. The van der Waals surface area contributed by atoms with E-state index in [0.717, 1.165) is 21.7 Å². The summed E-state index contributed by atoms with van der Waals surface area (Å²) in [6.45, 7) is 1.95. The quantitative estimate of drug-likeness (QED) is 0.258. The first-order valence-electron chi connectivity index (χ1n) is 11.8. The number of carbonyl (C=O) groups excluding carboxylic acids is 2. The standard InChI is InChI=1S/C29H28N2O4S/c1-19-10-5-8-17-25(19)31-28(33)26(20-11-3-2-4-12-20)36-22-14-9-13-21(18-22)30-27(32)23-15-6-7-16-24(23)29(34)35/h2-14,17-18,23-24,26H,15-16H2,1H3,(H,30,32)(H,31,33)(H,34,35). The van der Waals surface area contributed by atoms with Crippen molar-refractivity contribution in [2.75, 3.05) is 10.6 Å². The Hall–Kier alpha value is -3.84. The second-order valence-electron chi connectivity index (χ2n) is 8.72. The number of para-hydroxylation sites is 1. The number of hydrogen-bond acceptors (Lipinski definition) is 4. The van der Waals surface area contributed by atoms with E-state index in [1.54, 1.807) is 6.07 Å². The SMILES string of the molecule is Cc1ccccc1NC(=O)C(Sc1cccc(NC(=O)C2CC=CCC2C(=O)O)c1)c1ccccc1. The number of allylic oxidation sites excluding steroid dienone is 2. The van der Waals surface area contributed by atoms with E-state index in [9.17, 15) is 19.5 Å². The fourth-order valence-electron chi connectivity index (χ4n) is 4.21. The van der Waals surface area contributed by atoms with Crippen molar-refractivity contribution in [2.24, 2.45) is 11.8 Å². The number of hydrogen-bond donors (Lipinski definition) is 3. The highest BCUT2D eigenvalue weighted by atomic mass is 32.2. The van der Waals surface area contributed by atoms with Crippen LogP contribution in [0.15, 0.2) is 95.9 Å². The van der Waals surface area contributed by atoms with E-state index in [1.165, 1.54) is 11.8 Å². The van der Waals surface area contributed by atoms with Gasteiger partial charge in [0.2, 0.25) is 11.8 Å². The van der Waals surface area contributed by atoms with Crippen LogP contribution in [0.4, 0.5) is 11.4 Å². The molecule has 0 bridgehead atoms. The average molecular weight is 501 g/mol. The molecule has 4 rings (SSSR count). The summed E-state index contributed by atoms with van der Waals surface area (Å²) >= 11 is 1.39. The summed E-state index contributed by atoms with van der Waals surface area (Å²) < 4.78 is 0. The number of carboxylic acids is 1. The summed E-state index contributed by atoms with van der Waals surface area (Å²) in [7, 11) is 0. The fourth-order valence-corrected chi connectivity index (χ4v) is 5.29. The number of carboxylic acid groups (broad SMARTS) is 1. The number of aliphatic carboxylic acids is 1. The number of rotatable bonds is 8. The summed E-state index contributed by atoms with van der Waals surface area (Å²) in [5.74, 6) is -2.78. The molecular formula is C29H28N2O4S. The molecule has 0 saturated carbocycles. The largest absolute Gasteiger partial charge is 0.481 e. The van der Waals surface area contributed by atoms with E-state index in [4.69, 9.17) is 0 Å². The molecule has 6 nitrogen and oxygen atoms in total. The van der Waals surface area contributed by atoms with Crippen LogP contribution in [0.3, 0.4) is 0 Å². The summed E-state index contributed by atoms with van der Waals surface area (Å²) in [5, 5.41) is 14.9. The lowest BCUT2D eigenvalue weighted by atomic mass is 9.82. The summed E-state index contributed by atoms with van der Waals surface area (Å²) in [6, 6.07) is 24.5. The van der Waals surface area contributed by atoms with Gasteiger partial charge in [-0.05, 0) is 55.2 Å². The number of nitrogens with one attached hydrogen (secondary N) is 2. The molecule has 1 aliphatic carbocycles. The van der Waals surface area contributed by atoms with E-state index in [2.05, 4.69) is 10.6 Å². The summed E-state index contributed by atoms with van der Waals surface area (Å²) in [5.41, 5.74) is 3.17. The number of aryl methyl sites for hydroxylation is 1. The monoisotopic (exact) mass is 500 g/mol. The minimum Gasteiger partial charge on any atom is -0.481 e. The highest BCUT2D eigenvalue weighted by Crippen LogP contribution is 2.37. The molecule has 36 heavy (non-hydrogen) atoms.